The van der Waals surface area contributed by atoms with Crippen LogP contribution in [0, 0.1) is 17.8 Å². The van der Waals surface area contributed by atoms with Gasteiger partial charge in [0.1, 0.15) is 0 Å². The van der Waals surface area contributed by atoms with Gasteiger partial charge in [-0.05, 0) is 50.2 Å². The highest BCUT2D eigenvalue weighted by atomic mass is 35.5. The molecule has 2 amide bonds. The van der Waals surface area contributed by atoms with E-state index in [1.54, 1.807) is 17.0 Å². The molecule has 7 heteroatoms. The summed E-state index contributed by atoms with van der Waals surface area (Å²) in [5, 5.41) is 3.45. The number of benzene rings is 1. The summed E-state index contributed by atoms with van der Waals surface area (Å²) in [6.45, 7) is 12.1. The Labute approximate surface area is 191 Å². The van der Waals surface area contributed by atoms with Crippen LogP contribution >= 0.6 is 11.6 Å². The van der Waals surface area contributed by atoms with E-state index in [1.807, 2.05) is 6.92 Å². The maximum atomic E-state index is 13.0. The number of nitrogens with zero attached hydrogens (tertiary/aromatic N) is 1. The van der Waals surface area contributed by atoms with Gasteiger partial charge in [0.25, 0.3) is 5.91 Å². The van der Waals surface area contributed by atoms with Gasteiger partial charge in [-0.2, -0.15) is 0 Å². The van der Waals surface area contributed by atoms with E-state index in [4.69, 9.17) is 21.1 Å². The van der Waals surface area contributed by atoms with Gasteiger partial charge in [0, 0.05) is 30.6 Å². The average Bonchev–Trinajstić information content (AvgIpc) is 2.73. The standard InChI is InChI=1S/C24H37ClN2O4/c1-15(2)9-12-31-22-20(25)13-19(14-21(22)30-6)24(29)27-10-7-18(8-11-27)23(28)26-17(5)16(3)4/h13-18H,7-12H2,1-6H3,(H,26,28). The lowest BCUT2D eigenvalue weighted by Gasteiger charge is -2.32. The van der Waals surface area contributed by atoms with Crippen LogP contribution in [-0.4, -0.2) is 49.6 Å². The van der Waals surface area contributed by atoms with E-state index in [0.29, 0.717) is 66.5 Å². The first-order valence-electron chi connectivity index (χ1n) is 11.2. The molecule has 0 aliphatic carbocycles. The Kier molecular flexibility index (Phi) is 9.48. The summed E-state index contributed by atoms with van der Waals surface area (Å²) in [6, 6.07) is 3.46. The molecule has 0 spiro atoms. The first-order chi connectivity index (χ1) is 14.6. The number of hydrogen-bond acceptors (Lipinski definition) is 4. The van der Waals surface area contributed by atoms with Gasteiger partial charge < -0.3 is 19.7 Å². The molecule has 174 valence electrons. The fourth-order valence-electron chi connectivity index (χ4n) is 3.42. The van der Waals surface area contributed by atoms with Gasteiger partial charge in [-0.1, -0.05) is 39.3 Å². The number of piperidine rings is 1. The molecular weight excluding hydrogens is 416 g/mol. The van der Waals surface area contributed by atoms with Crippen molar-refractivity contribution in [2.24, 2.45) is 17.8 Å². The summed E-state index contributed by atoms with van der Waals surface area (Å²) in [5.41, 5.74) is 0.467. The SMILES string of the molecule is COc1cc(C(=O)N2CCC(C(=O)NC(C)C(C)C)CC2)cc(Cl)c1OCCC(C)C. The molecule has 0 bridgehead atoms. The number of methoxy groups -OCH3 is 1. The minimum absolute atomic E-state index is 0.0555. The zero-order chi connectivity index (χ0) is 23.1. The Hall–Kier alpha value is -1.95. The summed E-state index contributed by atoms with van der Waals surface area (Å²) in [5.74, 6) is 1.75. The van der Waals surface area contributed by atoms with Crippen LogP contribution in [0.15, 0.2) is 12.1 Å². The number of carbonyl (C=O) groups is 2. The molecule has 0 saturated carbocycles. The zero-order valence-corrected chi connectivity index (χ0v) is 20.4. The van der Waals surface area contributed by atoms with Crippen LogP contribution in [0.1, 0.15) is 64.2 Å². The van der Waals surface area contributed by atoms with Gasteiger partial charge in [0.05, 0.1) is 18.7 Å². The fourth-order valence-corrected chi connectivity index (χ4v) is 3.68. The van der Waals surface area contributed by atoms with Crippen molar-refractivity contribution in [3.8, 4) is 11.5 Å². The predicted molar refractivity (Wildman–Crippen MR) is 124 cm³/mol. The molecule has 0 radical (unpaired) electrons. The van der Waals surface area contributed by atoms with Crippen LogP contribution in [0.25, 0.3) is 0 Å². The number of halogens is 1. The van der Waals surface area contributed by atoms with E-state index in [0.717, 1.165) is 6.42 Å². The third-order valence-electron chi connectivity index (χ3n) is 5.94. The normalized spacial score (nSPS) is 15.8. The van der Waals surface area contributed by atoms with E-state index >= 15 is 0 Å². The fraction of sp³-hybridized carbons (Fsp3) is 0.667. The topological polar surface area (TPSA) is 67.9 Å². The molecular formula is C24H37ClN2O4. The number of carbonyl (C=O) groups excluding carboxylic acids is 2. The third kappa shape index (κ3) is 7.03. The molecule has 1 unspecified atom stereocenters. The van der Waals surface area contributed by atoms with E-state index in [-0.39, 0.29) is 23.8 Å². The Balaban J connectivity index is 2.00. The number of hydrogen-bond donors (Lipinski definition) is 1. The summed E-state index contributed by atoms with van der Waals surface area (Å²) >= 11 is 6.42. The molecule has 2 rings (SSSR count). The second-order valence-corrected chi connectivity index (χ2v) is 9.54. The van der Waals surface area contributed by atoms with Crippen molar-refractivity contribution in [1.82, 2.24) is 10.2 Å². The molecule has 0 aromatic heterocycles. The molecule has 1 atom stereocenters. The van der Waals surface area contributed by atoms with Crippen LogP contribution in [-0.2, 0) is 4.79 Å². The van der Waals surface area contributed by atoms with Gasteiger partial charge in [-0.25, -0.2) is 0 Å². The molecule has 31 heavy (non-hydrogen) atoms. The number of amides is 2. The van der Waals surface area contributed by atoms with Crippen LogP contribution in [0.5, 0.6) is 11.5 Å². The Morgan fingerprint density at radius 2 is 1.81 bits per heavy atom. The highest BCUT2D eigenvalue weighted by Crippen LogP contribution is 2.37. The van der Waals surface area contributed by atoms with Gasteiger partial charge in [-0.15, -0.1) is 0 Å². The van der Waals surface area contributed by atoms with Crippen molar-refractivity contribution in [2.45, 2.75) is 59.9 Å². The molecule has 1 aromatic rings. The minimum Gasteiger partial charge on any atom is -0.493 e. The second-order valence-electron chi connectivity index (χ2n) is 9.13. The number of rotatable bonds is 9. The van der Waals surface area contributed by atoms with Crippen LogP contribution in [0.2, 0.25) is 5.02 Å². The van der Waals surface area contributed by atoms with Crippen molar-refractivity contribution in [1.29, 1.82) is 0 Å². The van der Waals surface area contributed by atoms with Crippen LogP contribution in [0.4, 0.5) is 0 Å². The average molecular weight is 453 g/mol. The number of ether oxygens (including phenoxy) is 2. The van der Waals surface area contributed by atoms with E-state index in [1.165, 1.54) is 7.11 Å². The molecule has 1 fully saturated rings. The van der Waals surface area contributed by atoms with E-state index in [9.17, 15) is 9.59 Å². The largest absolute Gasteiger partial charge is 0.493 e. The van der Waals surface area contributed by atoms with Crippen molar-refractivity contribution < 1.29 is 19.1 Å². The summed E-state index contributed by atoms with van der Waals surface area (Å²) in [6.07, 6.45) is 2.21. The molecule has 6 nitrogen and oxygen atoms in total. The Bertz CT molecular complexity index is 758. The number of nitrogens with one attached hydrogen (secondary N) is 1. The molecule has 1 saturated heterocycles. The second kappa shape index (κ2) is 11.6. The third-order valence-corrected chi connectivity index (χ3v) is 6.22. The van der Waals surface area contributed by atoms with Crippen molar-refractivity contribution >= 4 is 23.4 Å². The van der Waals surface area contributed by atoms with Crippen molar-refractivity contribution in [2.75, 3.05) is 26.8 Å². The van der Waals surface area contributed by atoms with Crippen molar-refractivity contribution in [3.05, 3.63) is 22.7 Å². The summed E-state index contributed by atoms with van der Waals surface area (Å²) in [4.78, 5) is 27.3. The Morgan fingerprint density at radius 1 is 1.16 bits per heavy atom. The molecule has 1 N–H and O–H groups in total. The van der Waals surface area contributed by atoms with E-state index in [2.05, 4.69) is 33.0 Å². The lowest BCUT2D eigenvalue weighted by atomic mass is 9.94. The van der Waals surface area contributed by atoms with Crippen molar-refractivity contribution in [3.63, 3.8) is 0 Å². The predicted octanol–water partition coefficient (Wildman–Crippen LogP) is 4.79. The Morgan fingerprint density at radius 3 is 2.35 bits per heavy atom. The first-order valence-corrected chi connectivity index (χ1v) is 11.6. The molecule has 1 heterocycles. The lowest BCUT2D eigenvalue weighted by molar-refractivity contribution is -0.127. The van der Waals surface area contributed by atoms with Gasteiger partial charge in [0.2, 0.25) is 5.91 Å². The molecule has 1 aliphatic rings. The van der Waals surface area contributed by atoms with Gasteiger partial charge in [-0.3, -0.25) is 9.59 Å². The number of likely N-dealkylation sites (tertiary alicyclic amines) is 1. The maximum Gasteiger partial charge on any atom is 0.254 e. The summed E-state index contributed by atoms with van der Waals surface area (Å²) < 4.78 is 11.2. The van der Waals surface area contributed by atoms with E-state index < -0.39 is 0 Å². The van der Waals surface area contributed by atoms with Crippen LogP contribution in [0.3, 0.4) is 0 Å². The highest BCUT2D eigenvalue weighted by Gasteiger charge is 2.29. The van der Waals surface area contributed by atoms with Gasteiger partial charge >= 0.3 is 0 Å². The lowest BCUT2D eigenvalue weighted by Crippen LogP contribution is -2.45. The maximum absolute atomic E-state index is 13.0. The molecule has 1 aliphatic heterocycles. The summed E-state index contributed by atoms with van der Waals surface area (Å²) in [7, 11) is 1.54. The van der Waals surface area contributed by atoms with Crippen LogP contribution < -0.4 is 14.8 Å². The highest BCUT2D eigenvalue weighted by molar-refractivity contribution is 6.32. The smallest absolute Gasteiger partial charge is 0.254 e. The molecule has 1 aromatic carbocycles. The zero-order valence-electron chi connectivity index (χ0n) is 19.7. The monoisotopic (exact) mass is 452 g/mol. The first kappa shape index (κ1) is 25.3. The minimum atomic E-state index is -0.108. The quantitative estimate of drug-likeness (QED) is 0.585. The van der Waals surface area contributed by atoms with Gasteiger partial charge in [0.15, 0.2) is 11.5 Å².